The molecular formula is C23H30N2O5. The molecule has 1 aliphatic heterocycles. The Kier molecular flexibility index (Phi) is 7.24. The van der Waals surface area contributed by atoms with Gasteiger partial charge in [0.15, 0.2) is 6.10 Å². The van der Waals surface area contributed by atoms with Crippen molar-refractivity contribution in [1.29, 1.82) is 0 Å². The molecule has 162 valence electrons. The van der Waals surface area contributed by atoms with Gasteiger partial charge in [-0.05, 0) is 51.2 Å². The molecule has 1 N–H and O–H groups in total. The summed E-state index contributed by atoms with van der Waals surface area (Å²) >= 11 is 0. The molecule has 30 heavy (non-hydrogen) atoms. The highest BCUT2D eigenvalue weighted by Gasteiger charge is 2.35. The number of nitrogens with one attached hydrogen (secondary N) is 1. The van der Waals surface area contributed by atoms with Gasteiger partial charge < -0.3 is 10.1 Å². The van der Waals surface area contributed by atoms with Gasteiger partial charge in [0.1, 0.15) is 0 Å². The number of nitrogens with zero attached hydrogens (tertiary/aromatic N) is 1. The van der Waals surface area contributed by atoms with Crippen LogP contribution in [0.1, 0.15) is 78.1 Å². The number of aryl methyl sites for hydroxylation is 1. The summed E-state index contributed by atoms with van der Waals surface area (Å²) in [5.74, 6) is -0.956. The van der Waals surface area contributed by atoms with Crippen LogP contribution in [-0.2, 0) is 14.3 Å². The average molecular weight is 415 g/mol. The topological polar surface area (TPSA) is 92.8 Å². The lowest BCUT2D eigenvalue weighted by molar-refractivity contribution is -0.155. The molecule has 1 aromatic rings. The average Bonchev–Trinajstić information content (AvgIpc) is 2.96. The number of carbonyl (C=O) groups is 4. The number of hydrogen-bond acceptors (Lipinski definition) is 5. The fourth-order valence-electron chi connectivity index (χ4n) is 4.08. The summed E-state index contributed by atoms with van der Waals surface area (Å²) in [5, 5.41) is 2.87. The molecule has 0 bridgehead atoms. The van der Waals surface area contributed by atoms with Crippen molar-refractivity contribution in [2.24, 2.45) is 5.92 Å². The van der Waals surface area contributed by atoms with Crippen LogP contribution in [0.5, 0.6) is 0 Å². The van der Waals surface area contributed by atoms with E-state index in [1.807, 2.05) is 6.92 Å². The molecular weight excluding hydrogens is 384 g/mol. The largest absolute Gasteiger partial charge is 0.453 e. The lowest BCUT2D eigenvalue weighted by Gasteiger charge is -2.22. The lowest BCUT2D eigenvalue weighted by atomic mass is 9.89. The van der Waals surface area contributed by atoms with E-state index >= 15 is 0 Å². The Labute approximate surface area is 177 Å². The first-order chi connectivity index (χ1) is 14.4. The van der Waals surface area contributed by atoms with Crippen LogP contribution >= 0.6 is 0 Å². The number of hydrogen-bond donors (Lipinski definition) is 1. The SMILES string of the molecule is Cc1ccc2c(c1)C(=O)N(CCCC(=O)OC(C)C(=O)NCC1CCCCC1)C2=O. The molecule has 1 unspecified atom stereocenters. The van der Waals surface area contributed by atoms with Gasteiger partial charge in [-0.2, -0.15) is 0 Å². The van der Waals surface area contributed by atoms with E-state index in [9.17, 15) is 19.2 Å². The summed E-state index contributed by atoms with van der Waals surface area (Å²) in [4.78, 5) is 50.2. The first-order valence-electron chi connectivity index (χ1n) is 10.8. The first-order valence-corrected chi connectivity index (χ1v) is 10.8. The summed E-state index contributed by atoms with van der Waals surface area (Å²) in [6.07, 6.45) is 5.40. The highest BCUT2D eigenvalue weighted by atomic mass is 16.5. The molecule has 1 fully saturated rings. The Hall–Kier alpha value is -2.70. The van der Waals surface area contributed by atoms with Gasteiger partial charge in [0.25, 0.3) is 17.7 Å². The summed E-state index contributed by atoms with van der Waals surface area (Å²) < 4.78 is 5.21. The Morgan fingerprint density at radius 3 is 2.57 bits per heavy atom. The zero-order valence-corrected chi connectivity index (χ0v) is 17.7. The Bertz CT molecular complexity index is 829. The summed E-state index contributed by atoms with van der Waals surface area (Å²) in [6, 6.07) is 5.16. The third-order valence-corrected chi connectivity index (χ3v) is 5.86. The standard InChI is InChI=1S/C23H30N2O5/c1-15-10-11-18-19(13-15)23(29)25(22(18)28)12-6-9-20(26)30-16(2)21(27)24-14-17-7-4-3-5-8-17/h10-11,13,16-17H,3-9,12,14H2,1-2H3,(H,24,27). The minimum atomic E-state index is -0.858. The van der Waals surface area contributed by atoms with Crippen LogP contribution in [0.2, 0.25) is 0 Å². The maximum atomic E-state index is 12.4. The molecule has 0 saturated heterocycles. The van der Waals surface area contributed by atoms with Gasteiger partial charge in [0.2, 0.25) is 0 Å². The zero-order chi connectivity index (χ0) is 21.7. The molecule has 0 spiro atoms. The quantitative estimate of drug-likeness (QED) is 0.521. The van der Waals surface area contributed by atoms with E-state index in [0.29, 0.717) is 30.0 Å². The second-order valence-electron chi connectivity index (χ2n) is 8.30. The van der Waals surface area contributed by atoms with Crippen LogP contribution in [0, 0.1) is 12.8 Å². The fourth-order valence-corrected chi connectivity index (χ4v) is 4.08. The second-order valence-corrected chi connectivity index (χ2v) is 8.30. The summed E-state index contributed by atoms with van der Waals surface area (Å²) in [7, 11) is 0. The highest BCUT2D eigenvalue weighted by Crippen LogP contribution is 2.24. The molecule has 7 heteroatoms. The predicted molar refractivity (Wildman–Crippen MR) is 111 cm³/mol. The predicted octanol–water partition coefficient (Wildman–Crippen LogP) is 3.00. The van der Waals surface area contributed by atoms with Gasteiger partial charge in [0, 0.05) is 19.5 Å². The monoisotopic (exact) mass is 414 g/mol. The molecule has 0 aromatic heterocycles. The van der Waals surface area contributed by atoms with Gasteiger partial charge in [-0.25, -0.2) is 0 Å². The Morgan fingerprint density at radius 2 is 1.83 bits per heavy atom. The molecule has 1 atom stereocenters. The van der Waals surface area contributed by atoms with Gasteiger partial charge in [-0.15, -0.1) is 0 Å². The normalized spacial score (nSPS) is 17.6. The highest BCUT2D eigenvalue weighted by molar-refractivity contribution is 6.21. The van der Waals surface area contributed by atoms with Crippen LogP contribution in [0.25, 0.3) is 0 Å². The van der Waals surface area contributed by atoms with Gasteiger partial charge in [-0.3, -0.25) is 24.1 Å². The van der Waals surface area contributed by atoms with Crippen LogP contribution < -0.4 is 5.32 Å². The van der Waals surface area contributed by atoms with E-state index < -0.39 is 12.1 Å². The third-order valence-electron chi connectivity index (χ3n) is 5.86. The fraction of sp³-hybridized carbons (Fsp3) is 0.565. The third kappa shape index (κ3) is 5.26. The summed E-state index contributed by atoms with van der Waals surface area (Å²) in [6.45, 7) is 4.19. The first kappa shape index (κ1) is 22.0. The molecule has 1 aromatic carbocycles. The number of carbonyl (C=O) groups excluding carboxylic acids is 4. The van der Waals surface area contributed by atoms with E-state index in [0.717, 1.165) is 23.3 Å². The number of ether oxygens (including phenoxy) is 1. The molecule has 1 heterocycles. The molecule has 3 amide bonds. The minimum Gasteiger partial charge on any atom is -0.453 e. The number of amides is 3. The van der Waals surface area contributed by atoms with Gasteiger partial charge in [0.05, 0.1) is 11.1 Å². The van der Waals surface area contributed by atoms with Crippen molar-refractivity contribution in [3.8, 4) is 0 Å². The van der Waals surface area contributed by atoms with Crippen molar-refractivity contribution in [2.45, 2.75) is 64.9 Å². The van der Waals surface area contributed by atoms with Crippen LogP contribution in [0.3, 0.4) is 0 Å². The smallest absolute Gasteiger partial charge is 0.306 e. The Balaban J connectivity index is 1.39. The van der Waals surface area contributed by atoms with E-state index in [-0.39, 0.29) is 30.7 Å². The minimum absolute atomic E-state index is 0.0344. The van der Waals surface area contributed by atoms with E-state index in [1.54, 1.807) is 25.1 Å². The lowest BCUT2D eigenvalue weighted by Crippen LogP contribution is -2.38. The van der Waals surface area contributed by atoms with Crippen molar-refractivity contribution >= 4 is 23.7 Å². The maximum Gasteiger partial charge on any atom is 0.306 e. The number of imide groups is 1. The Morgan fingerprint density at radius 1 is 1.13 bits per heavy atom. The van der Waals surface area contributed by atoms with Crippen LogP contribution in [-0.4, -0.2) is 47.8 Å². The maximum absolute atomic E-state index is 12.4. The molecule has 1 aliphatic carbocycles. The van der Waals surface area contributed by atoms with Crippen molar-refractivity contribution < 1.29 is 23.9 Å². The van der Waals surface area contributed by atoms with E-state index in [2.05, 4.69) is 5.32 Å². The molecule has 2 aliphatic rings. The zero-order valence-electron chi connectivity index (χ0n) is 17.7. The number of fused-ring (bicyclic) bond motifs is 1. The van der Waals surface area contributed by atoms with Gasteiger partial charge in [-0.1, -0.05) is 30.9 Å². The molecule has 7 nitrogen and oxygen atoms in total. The van der Waals surface area contributed by atoms with Crippen molar-refractivity contribution in [3.05, 3.63) is 34.9 Å². The van der Waals surface area contributed by atoms with Crippen LogP contribution in [0.4, 0.5) is 0 Å². The molecule has 3 rings (SSSR count). The van der Waals surface area contributed by atoms with Gasteiger partial charge >= 0.3 is 5.97 Å². The van der Waals surface area contributed by atoms with Crippen molar-refractivity contribution in [1.82, 2.24) is 10.2 Å². The summed E-state index contributed by atoms with van der Waals surface area (Å²) in [5.41, 5.74) is 1.72. The van der Waals surface area contributed by atoms with E-state index in [4.69, 9.17) is 4.74 Å². The molecule has 0 radical (unpaired) electrons. The number of rotatable bonds is 8. The van der Waals surface area contributed by atoms with E-state index in [1.165, 1.54) is 19.3 Å². The second kappa shape index (κ2) is 9.87. The molecule has 1 saturated carbocycles. The van der Waals surface area contributed by atoms with Crippen molar-refractivity contribution in [2.75, 3.05) is 13.1 Å². The number of benzene rings is 1. The van der Waals surface area contributed by atoms with Crippen molar-refractivity contribution in [3.63, 3.8) is 0 Å². The number of esters is 1. The van der Waals surface area contributed by atoms with Crippen LogP contribution in [0.15, 0.2) is 18.2 Å².